The van der Waals surface area contributed by atoms with Gasteiger partial charge in [-0.2, -0.15) is 22.7 Å². The fourth-order valence-electron chi connectivity index (χ4n) is 2.20. The van der Waals surface area contributed by atoms with Gasteiger partial charge in [-0.15, -0.1) is 0 Å². The van der Waals surface area contributed by atoms with Crippen LogP contribution in [0, 0.1) is 6.85 Å². The molecule has 1 aliphatic heterocycles. The third-order valence-corrected chi connectivity index (χ3v) is 3.18. The summed E-state index contributed by atoms with van der Waals surface area (Å²) in [6.45, 7) is -4.94. The Balaban J connectivity index is 2.14. The zero-order chi connectivity index (χ0) is 16.3. The number of hydrogen-bond donors (Lipinski definition) is 1. The predicted molar refractivity (Wildman–Crippen MR) is 62.9 cm³/mol. The number of aryl methyl sites for hydroxylation is 1. The summed E-state index contributed by atoms with van der Waals surface area (Å²) >= 11 is 0. The molecule has 102 valence electrons. The largest absolute Gasteiger partial charge is 0.342 e. The monoisotopic (exact) mass is 276 g/mol. The van der Waals surface area contributed by atoms with E-state index in [9.17, 15) is 17.6 Å². The molecule has 0 saturated carbocycles. The van der Waals surface area contributed by atoms with Crippen LogP contribution < -0.4 is 4.90 Å². The third kappa shape index (κ3) is 1.67. The fourth-order valence-corrected chi connectivity index (χ4v) is 2.20. The Bertz CT molecular complexity index is 710. The molecule has 1 fully saturated rings. The normalized spacial score (nSPS) is 24.2. The molecule has 0 spiro atoms. The van der Waals surface area contributed by atoms with E-state index in [1.54, 1.807) is 0 Å². The van der Waals surface area contributed by atoms with Gasteiger partial charge in [0.1, 0.15) is 0 Å². The standard InChI is InChI=1S/C12H11F4N3/c1-7-3-2-4-8-9(7)10(18-17-8)19-5-11(13,14)12(15,16)6-19/h2-4H,5-6H2,1H3,(H,17,18)/i1D3. The number of alkyl halides is 4. The Morgan fingerprint density at radius 2 is 1.95 bits per heavy atom. The number of halogens is 4. The topological polar surface area (TPSA) is 31.9 Å². The molecule has 3 nitrogen and oxygen atoms in total. The van der Waals surface area contributed by atoms with Crippen LogP contribution in [0.2, 0.25) is 0 Å². The van der Waals surface area contributed by atoms with Gasteiger partial charge in [-0.1, -0.05) is 12.1 Å². The maximum Gasteiger partial charge on any atom is 0.329 e. The van der Waals surface area contributed by atoms with Crippen molar-refractivity contribution in [3.63, 3.8) is 0 Å². The van der Waals surface area contributed by atoms with Crippen LogP contribution in [0.15, 0.2) is 18.2 Å². The van der Waals surface area contributed by atoms with Gasteiger partial charge in [0.2, 0.25) is 0 Å². The van der Waals surface area contributed by atoms with E-state index in [1.807, 2.05) is 0 Å². The Kier molecular flexibility index (Phi) is 1.74. The zero-order valence-corrected chi connectivity index (χ0v) is 9.55. The number of nitrogens with zero attached hydrogens (tertiary/aromatic N) is 2. The molecule has 0 aliphatic carbocycles. The van der Waals surface area contributed by atoms with Crippen LogP contribution in [0.25, 0.3) is 10.9 Å². The Labute approximate surface area is 110 Å². The quantitative estimate of drug-likeness (QED) is 0.812. The van der Waals surface area contributed by atoms with Gasteiger partial charge in [0.25, 0.3) is 0 Å². The second-order valence-corrected chi connectivity index (χ2v) is 4.54. The predicted octanol–water partition coefficient (Wildman–Crippen LogP) is 2.96. The van der Waals surface area contributed by atoms with Crippen molar-refractivity contribution in [2.24, 2.45) is 0 Å². The van der Waals surface area contributed by atoms with Gasteiger partial charge < -0.3 is 4.90 Å². The van der Waals surface area contributed by atoms with Crippen molar-refractivity contribution >= 4 is 16.7 Å². The van der Waals surface area contributed by atoms with Gasteiger partial charge >= 0.3 is 11.8 Å². The molecule has 3 rings (SSSR count). The number of H-pyrrole nitrogens is 1. The molecular weight excluding hydrogens is 262 g/mol. The van der Waals surface area contributed by atoms with E-state index in [1.165, 1.54) is 18.2 Å². The van der Waals surface area contributed by atoms with Crippen molar-refractivity contribution in [2.45, 2.75) is 18.7 Å². The highest BCUT2D eigenvalue weighted by atomic mass is 19.3. The van der Waals surface area contributed by atoms with E-state index in [4.69, 9.17) is 4.11 Å². The number of aromatic amines is 1. The van der Waals surface area contributed by atoms with Crippen molar-refractivity contribution in [3.05, 3.63) is 23.8 Å². The molecule has 2 aromatic rings. The molecule has 1 aromatic carbocycles. The highest BCUT2D eigenvalue weighted by Gasteiger charge is 2.63. The lowest BCUT2D eigenvalue weighted by atomic mass is 10.1. The molecule has 1 saturated heterocycles. The smallest absolute Gasteiger partial charge is 0.329 e. The van der Waals surface area contributed by atoms with Crippen LogP contribution in [0.3, 0.4) is 0 Å². The summed E-state index contributed by atoms with van der Waals surface area (Å²) in [5, 5.41) is 6.33. The first-order chi connectivity index (χ1) is 10.0. The summed E-state index contributed by atoms with van der Waals surface area (Å²) in [6.07, 6.45) is 0. The van der Waals surface area contributed by atoms with Crippen molar-refractivity contribution in [1.82, 2.24) is 10.2 Å². The minimum Gasteiger partial charge on any atom is -0.342 e. The van der Waals surface area contributed by atoms with Gasteiger partial charge in [0.05, 0.1) is 18.6 Å². The van der Waals surface area contributed by atoms with Gasteiger partial charge in [-0.3, -0.25) is 5.10 Å². The average molecular weight is 276 g/mol. The summed E-state index contributed by atoms with van der Waals surface area (Å²) in [5.41, 5.74) is 0.175. The number of aromatic nitrogens is 2. The van der Waals surface area contributed by atoms with Gasteiger partial charge in [0.15, 0.2) is 5.82 Å². The number of anilines is 1. The molecule has 1 N–H and O–H groups in total. The maximum absolute atomic E-state index is 13.4. The van der Waals surface area contributed by atoms with Crippen LogP contribution in [-0.4, -0.2) is 35.1 Å². The summed E-state index contributed by atoms with van der Waals surface area (Å²) in [7, 11) is 0. The van der Waals surface area contributed by atoms with Crippen LogP contribution in [-0.2, 0) is 0 Å². The first-order valence-electron chi connectivity index (χ1n) is 7.01. The molecule has 2 heterocycles. The molecule has 0 bridgehead atoms. The summed E-state index contributed by atoms with van der Waals surface area (Å²) in [5.74, 6) is -8.57. The second kappa shape index (κ2) is 3.61. The molecule has 1 aromatic heterocycles. The van der Waals surface area contributed by atoms with Crippen LogP contribution in [0.1, 0.15) is 9.68 Å². The van der Waals surface area contributed by atoms with Gasteiger partial charge in [0, 0.05) is 9.50 Å². The molecule has 0 unspecified atom stereocenters. The second-order valence-electron chi connectivity index (χ2n) is 4.54. The van der Waals surface area contributed by atoms with E-state index >= 15 is 0 Å². The third-order valence-electron chi connectivity index (χ3n) is 3.18. The van der Waals surface area contributed by atoms with E-state index in [0.29, 0.717) is 10.4 Å². The first-order valence-corrected chi connectivity index (χ1v) is 5.51. The van der Waals surface area contributed by atoms with E-state index in [-0.39, 0.29) is 16.8 Å². The molecule has 7 heteroatoms. The molecule has 0 atom stereocenters. The zero-order valence-electron chi connectivity index (χ0n) is 12.6. The van der Waals surface area contributed by atoms with Gasteiger partial charge in [-0.25, -0.2) is 0 Å². The number of benzene rings is 1. The first kappa shape index (κ1) is 9.17. The van der Waals surface area contributed by atoms with Gasteiger partial charge in [-0.05, 0) is 18.5 Å². The van der Waals surface area contributed by atoms with Crippen molar-refractivity contribution in [1.29, 1.82) is 0 Å². The number of hydrogen-bond acceptors (Lipinski definition) is 2. The molecular formula is C12H11F4N3. The van der Waals surface area contributed by atoms with Crippen LogP contribution in [0.4, 0.5) is 23.4 Å². The van der Waals surface area contributed by atoms with Crippen LogP contribution >= 0.6 is 0 Å². The van der Waals surface area contributed by atoms with E-state index < -0.39 is 31.8 Å². The van der Waals surface area contributed by atoms with E-state index in [0.717, 1.165) is 0 Å². The highest BCUT2D eigenvalue weighted by Crippen LogP contribution is 2.43. The van der Waals surface area contributed by atoms with Crippen molar-refractivity contribution < 1.29 is 21.7 Å². The van der Waals surface area contributed by atoms with E-state index in [2.05, 4.69) is 10.2 Å². The molecule has 0 amide bonds. The summed E-state index contributed by atoms with van der Waals surface area (Å²) in [4.78, 5) is 0.716. The average Bonchev–Trinajstić information content (AvgIpc) is 2.87. The minimum atomic E-state index is -4.19. The maximum atomic E-state index is 13.4. The highest BCUT2D eigenvalue weighted by molar-refractivity contribution is 5.93. The Morgan fingerprint density at radius 3 is 2.58 bits per heavy atom. The Hall–Kier alpha value is -1.79. The number of nitrogens with one attached hydrogen (secondary N) is 1. The molecule has 0 radical (unpaired) electrons. The minimum absolute atomic E-state index is 0.0657. The number of rotatable bonds is 1. The lowest BCUT2D eigenvalue weighted by Crippen LogP contribution is -2.38. The van der Waals surface area contributed by atoms with Crippen molar-refractivity contribution in [3.8, 4) is 0 Å². The lowest BCUT2D eigenvalue weighted by Gasteiger charge is -2.14. The SMILES string of the molecule is [2H]C([2H])([2H])c1cccc2[nH]nc(N3CC(F)(F)C(F)(F)C3)c12. The van der Waals surface area contributed by atoms with Crippen LogP contribution in [0.5, 0.6) is 0 Å². The lowest BCUT2D eigenvalue weighted by molar-refractivity contribution is -0.172. The number of fused-ring (bicyclic) bond motifs is 1. The molecule has 19 heavy (non-hydrogen) atoms. The fraction of sp³-hybridized carbons (Fsp3) is 0.417. The molecule has 1 aliphatic rings. The van der Waals surface area contributed by atoms with Crippen molar-refractivity contribution in [2.75, 3.05) is 18.0 Å². The summed E-state index contributed by atoms with van der Waals surface area (Å²) < 4.78 is 75.9. The Morgan fingerprint density at radius 1 is 1.26 bits per heavy atom. The summed E-state index contributed by atoms with van der Waals surface area (Å²) in [6, 6.07) is 4.29.